The van der Waals surface area contributed by atoms with Gasteiger partial charge in [0.05, 0.1) is 12.4 Å². The lowest BCUT2D eigenvalue weighted by Crippen LogP contribution is -2.16. The molecule has 7 nitrogen and oxygen atoms in total. The van der Waals surface area contributed by atoms with Crippen LogP contribution in [0.25, 0.3) is 22.5 Å². The van der Waals surface area contributed by atoms with Crippen molar-refractivity contribution in [3.8, 4) is 22.5 Å². The number of aromatic nitrogens is 3. The highest BCUT2D eigenvalue weighted by atomic mass is 35.5. The van der Waals surface area contributed by atoms with Crippen LogP contribution in [-0.4, -0.2) is 39.0 Å². The van der Waals surface area contributed by atoms with E-state index >= 15 is 0 Å². The second-order valence-electron chi connectivity index (χ2n) is 7.15. The highest BCUT2D eigenvalue weighted by Crippen LogP contribution is 2.36. The molecule has 1 amide bonds. The van der Waals surface area contributed by atoms with E-state index in [1.165, 1.54) is 23.1 Å². The lowest BCUT2D eigenvalue weighted by Gasteiger charge is -2.09. The summed E-state index contributed by atoms with van der Waals surface area (Å²) in [7, 11) is 1.83. The van der Waals surface area contributed by atoms with Crippen LogP contribution < -0.4 is 5.32 Å². The van der Waals surface area contributed by atoms with Crippen LogP contribution in [0, 0.1) is 0 Å². The van der Waals surface area contributed by atoms with E-state index in [0.717, 1.165) is 16.7 Å². The zero-order chi connectivity index (χ0) is 24.1. The molecule has 0 aliphatic rings. The van der Waals surface area contributed by atoms with Crippen molar-refractivity contribution in [2.45, 2.75) is 12.1 Å². The Bertz CT molecular complexity index is 1320. The van der Waals surface area contributed by atoms with E-state index in [-0.39, 0.29) is 18.3 Å². The second kappa shape index (κ2) is 10.9. The normalized spacial score (nSPS) is 10.8. The Balaban J connectivity index is 1.49. The Morgan fingerprint density at radius 2 is 1.88 bits per heavy atom. The minimum absolute atomic E-state index is 0.0996. The zero-order valence-electron chi connectivity index (χ0n) is 18.4. The third kappa shape index (κ3) is 5.32. The number of hydrogen-bond acceptors (Lipinski definition) is 7. The molecule has 0 spiro atoms. The number of nitrogens with zero attached hydrogens (tertiary/aromatic N) is 3. The molecule has 0 unspecified atom stereocenters. The van der Waals surface area contributed by atoms with Gasteiger partial charge in [0.25, 0.3) is 0 Å². The highest BCUT2D eigenvalue weighted by Gasteiger charge is 2.23. The number of carbonyl (C=O) groups excluding carboxylic acids is 2. The average molecular weight is 513 g/mol. The van der Waals surface area contributed by atoms with Crippen LogP contribution in [0.3, 0.4) is 0 Å². The van der Waals surface area contributed by atoms with Gasteiger partial charge in [0.15, 0.2) is 11.0 Å². The number of carbonyl (C=O) groups is 2. The van der Waals surface area contributed by atoms with Gasteiger partial charge in [0.1, 0.15) is 10.6 Å². The first-order valence-corrected chi connectivity index (χ1v) is 12.6. The quantitative estimate of drug-likeness (QED) is 0.238. The summed E-state index contributed by atoms with van der Waals surface area (Å²) in [4.78, 5) is 25.4. The largest absolute Gasteiger partial charge is 0.462 e. The summed E-state index contributed by atoms with van der Waals surface area (Å²) in [5.41, 5.74) is 2.80. The molecule has 1 N–H and O–H groups in total. The average Bonchev–Trinajstić information content (AvgIpc) is 3.42. The molecule has 0 saturated carbocycles. The van der Waals surface area contributed by atoms with E-state index < -0.39 is 5.97 Å². The number of rotatable bonds is 8. The molecule has 0 aliphatic heterocycles. The molecule has 0 fully saturated rings. The Hall–Kier alpha value is -3.14. The van der Waals surface area contributed by atoms with Crippen LogP contribution in [0.4, 0.5) is 5.00 Å². The summed E-state index contributed by atoms with van der Waals surface area (Å²) in [5, 5.41) is 14.8. The minimum Gasteiger partial charge on any atom is -0.462 e. The molecule has 2 heterocycles. The first kappa shape index (κ1) is 24.0. The maximum Gasteiger partial charge on any atom is 0.341 e. The fraction of sp³-hybridized carbons (Fsp3) is 0.167. The van der Waals surface area contributed by atoms with E-state index in [2.05, 4.69) is 15.5 Å². The van der Waals surface area contributed by atoms with Crippen LogP contribution in [-0.2, 0) is 16.6 Å². The molecule has 0 radical (unpaired) electrons. The number of amides is 1. The number of anilines is 1. The lowest BCUT2D eigenvalue weighted by molar-refractivity contribution is -0.113. The lowest BCUT2D eigenvalue weighted by atomic mass is 10.0. The molecule has 4 aromatic rings. The summed E-state index contributed by atoms with van der Waals surface area (Å²) in [6.45, 7) is 1.99. The maximum absolute atomic E-state index is 12.7. The number of thioether (sulfide) groups is 1. The second-order valence-corrected chi connectivity index (χ2v) is 9.41. The summed E-state index contributed by atoms with van der Waals surface area (Å²) in [6, 6.07) is 16.9. The van der Waals surface area contributed by atoms with Gasteiger partial charge in [-0.25, -0.2) is 4.79 Å². The van der Waals surface area contributed by atoms with Crippen molar-refractivity contribution in [3.05, 3.63) is 70.6 Å². The van der Waals surface area contributed by atoms with Gasteiger partial charge in [0.2, 0.25) is 5.91 Å². The zero-order valence-corrected chi connectivity index (χ0v) is 20.8. The topological polar surface area (TPSA) is 86.1 Å². The van der Waals surface area contributed by atoms with Crippen LogP contribution in [0.2, 0.25) is 5.02 Å². The van der Waals surface area contributed by atoms with Crippen LogP contribution in [0.15, 0.2) is 65.1 Å². The van der Waals surface area contributed by atoms with Gasteiger partial charge in [-0.15, -0.1) is 21.5 Å². The van der Waals surface area contributed by atoms with E-state index in [9.17, 15) is 9.59 Å². The monoisotopic (exact) mass is 512 g/mol. The predicted molar refractivity (Wildman–Crippen MR) is 137 cm³/mol. The standard InChI is InChI=1S/C24H21ClN4O3S2/c1-3-32-23(31)20-18(15-8-5-4-6-9-15)13-33-22(20)26-19(30)14-34-24-28-27-21(29(24)2)16-10-7-11-17(25)12-16/h4-13H,3,14H2,1-2H3,(H,26,30). The molecule has 174 valence electrons. The number of ether oxygens (including phenoxy) is 1. The molecular weight excluding hydrogens is 492 g/mol. The molecule has 2 aromatic carbocycles. The van der Waals surface area contributed by atoms with Crippen LogP contribution in [0.5, 0.6) is 0 Å². The van der Waals surface area contributed by atoms with Gasteiger partial charge in [-0.05, 0) is 24.6 Å². The van der Waals surface area contributed by atoms with Crippen LogP contribution >= 0.6 is 34.7 Å². The van der Waals surface area contributed by atoms with Crippen molar-refractivity contribution in [2.24, 2.45) is 7.05 Å². The molecule has 0 atom stereocenters. The van der Waals surface area contributed by atoms with Crippen LogP contribution in [0.1, 0.15) is 17.3 Å². The first-order valence-electron chi connectivity index (χ1n) is 10.4. The summed E-state index contributed by atoms with van der Waals surface area (Å²) in [5.74, 6) is 0.0256. The third-order valence-corrected chi connectivity index (χ3v) is 7.01. The Morgan fingerprint density at radius 1 is 1.12 bits per heavy atom. The molecule has 2 aromatic heterocycles. The van der Waals surface area contributed by atoms with Gasteiger partial charge in [-0.3, -0.25) is 4.79 Å². The third-order valence-electron chi connectivity index (χ3n) is 4.86. The number of benzene rings is 2. The number of hydrogen-bond donors (Lipinski definition) is 1. The summed E-state index contributed by atoms with van der Waals surface area (Å²) < 4.78 is 7.06. The number of esters is 1. The highest BCUT2D eigenvalue weighted by molar-refractivity contribution is 7.99. The fourth-order valence-corrected chi connectivity index (χ4v) is 5.17. The number of thiophene rings is 1. The first-order chi connectivity index (χ1) is 16.5. The number of nitrogens with one attached hydrogen (secondary N) is 1. The summed E-state index contributed by atoms with van der Waals surface area (Å²) in [6.07, 6.45) is 0. The summed E-state index contributed by atoms with van der Waals surface area (Å²) >= 11 is 8.63. The predicted octanol–water partition coefficient (Wildman–Crippen LogP) is 5.77. The van der Waals surface area contributed by atoms with Gasteiger partial charge < -0.3 is 14.6 Å². The van der Waals surface area contributed by atoms with Crippen molar-refractivity contribution >= 4 is 51.6 Å². The minimum atomic E-state index is -0.468. The Labute approximate surface area is 210 Å². The van der Waals surface area contributed by atoms with E-state index in [4.69, 9.17) is 16.3 Å². The van der Waals surface area contributed by atoms with Crippen molar-refractivity contribution < 1.29 is 14.3 Å². The molecule has 4 rings (SSSR count). The number of halogens is 1. The molecule has 10 heteroatoms. The van der Waals surface area contributed by atoms with Crippen molar-refractivity contribution in [2.75, 3.05) is 17.7 Å². The molecule has 0 aliphatic carbocycles. The van der Waals surface area contributed by atoms with Gasteiger partial charge in [0, 0.05) is 28.6 Å². The van der Waals surface area contributed by atoms with E-state index in [0.29, 0.717) is 26.6 Å². The van der Waals surface area contributed by atoms with Crippen molar-refractivity contribution in [3.63, 3.8) is 0 Å². The van der Waals surface area contributed by atoms with Crippen molar-refractivity contribution in [1.82, 2.24) is 14.8 Å². The Kier molecular flexibility index (Phi) is 7.66. The maximum atomic E-state index is 12.7. The molecule has 0 bridgehead atoms. The van der Waals surface area contributed by atoms with Gasteiger partial charge in [-0.1, -0.05) is 65.8 Å². The molecule has 34 heavy (non-hydrogen) atoms. The van der Waals surface area contributed by atoms with Crippen molar-refractivity contribution in [1.29, 1.82) is 0 Å². The van der Waals surface area contributed by atoms with Gasteiger partial charge >= 0.3 is 5.97 Å². The molecular formula is C24H21ClN4O3S2. The smallest absolute Gasteiger partial charge is 0.341 e. The van der Waals surface area contributed by atoms with E-state index in [1.807, 2.05) is 65.5 Å². The fourth-order valence-electron chi connectivity index (χ4n) is 3.30. The Morgan fingerprint density at radius 3 is 2.62 bits per heavy atom. The van der Waals surface area contributed by atoms with E-state index in [1.54, 1.807) is 13.0 Å². The van der Waals surface area contributed by atoms with Gasteiger partial charge in [-0.2, -0.15) is 0 Å². The SMILES string of the molecule is CCOC(=O)c1c(-c2ccccc2)csc1NC(=O)CSc1nnc(-c2cccc(Cl)c2)n1C. The molecule has 0 saturated heterocycles.